The lowest BCUT2D eigenvalue weighted by Crippen LogP contribution is -2.61. The summed E-state index contributed by atoms with van der Waals surface area (Å²) in [6.07, 6.45) is -1.23. The molecule has 212 valence electrons. The van der Waals surface area contributed by atoms with Crippen molar-refractivity contribution < 1.29 is 19.4 Å². The Balaban J connectivity index is 1.16. The first-order valence-corrected chi connectivity index (χ1v) is 13.7. The largest absolute Gasteiger partial charge is 0.489 e. The summed E-state index contributed by atoms with van der Waals surface area (Å²) in [6.45, 7) is 5.66. The predicted molar refractivity (Wildman–Crippen MR) is 157 cm³/mol. The SMILES string of the molecule is Cc1cc(COc2ccc(C(=O)N[C@H](C(N)=O)C(O)N3CCN(Cc4ccccc4)CC3)cc2)c2ccccc2n1. The molecule has 0 saturated carbocycles. The van der Waals surface area contributed by atoms with Gasteiger partial charge in [-0.1, -0.05) is 48.5 Å². The normalized spacial score (nSPS) is 15.8. The Labute approximate surface area is 239 Å². The number of ether oxygens (including phenoxy) is 1. The van der Waals surface area contributed by atoms with Crippen LogP contribution in [0.15, 0.2) is 84.9 Å². The molecule has 1 aliphatic heterocycles. The number of para-hydroxylation sites is 1. The standard InChI is InChI=1S/C32H35N5O4/c1-22-19-25(27-9-5-6-10-28(27)34-22)21-41-26-13-11-24(12-14-26)31(39)35-29(30(33)38)32(40)37-17-15-36(16-18-37)20-23-7-3-2-4-8-23/h2-14,19,29,32,40H,15-18,20-21H2,1H3,(H2,33,38)(H,35,39)/t29-,32?/m1/s1. The van der Waals surface area contributed by atoms with Crippen LogP contribution in [0.2, 0.25) is 0 Å². The molecule has 9 nitrogen and oxygen atoms in total. The summed E-state index contributed by atoms with van der Waals surface area (Å²) in [7, 11) is 0. The summed E-state index contributed by atoms with van der Waals surface area (Å²) in [5.74, 6) is -0.699. The van der Waals surface area contributed by atoms with E-state index in [2.05, 4.69) is 27.3 Å². The van der Waals surface area contributed by atoms with Crippen LogP contribution >= 0.6 is 0 Å². The molecule has 3 aromatic carbocycles. The molecule has 0 spiro atoms. The van der Waals surface area contributed by atoms with Crippen LogP contribution in [-0.4, -0.2) is 70.2 Å². The van der Waals surface area contributed by atoms with E-state index in [1.807, 2.05) is 55.5 Å². The Hall–Kier alpha value is -4.31. The molecule has 41 heavy (non-hydrogen) atoms. The quantitative estimate of drug-likeness (QED) is 0.276. The number of rotatable bonds is 10. The van der Waals surface area contributed by atoms with Gasteiger partial charge >= 0.3 is 0 Å². The molecule has 0 bridgehead atoms. The number of nitrogens with two attached hydrogens (primary N) is 1. The fraction of sp³-hybridized carbons (Fsp3) is 0.281. The molecule has 0 radical (unpaired) electrons. The number of carbonyl (C=O) groups excluding carboxylic acids is 2. The van der Waals surface area contributed by atoms with Gasteiger partial charge in [0.1, 0.15) is 24.6 Å². The fourth-order valence-corrected chi connectivity index (χ4v) is 5.13. The van der Waals surface area contributed by atoms with Crippen LogP contribution in [0.25, 0.3) is 10.9 Å². The minimum atomic E-state index is -1.25. The van der Waals surface area contributed by atoms with Crippen LogP contribution in [-0.2, 0) is 17.9 Å². The number of pyridine rings is 1. The Morgan fingerprint density at radius 3 is 2.37 bits per heavy atom. The number of piperazine rings is 1. The first-order chi connectivity index (χ1) is 19.9. The van der Waals surface area contributed by atoms with Gasteiger partial charge in [-0.05, 0) is 48.9 Å². The van der Waals surface area contributed by atoms with E-state index in [1.54, 1.807) is 29.2 Å². The zero-order valence-corrected chi connectivity index (χ0v) is 23.1. The summed E-state index contributed by atoms with van der Waals surface area (Å²) in [5, 5.41) is 14.6. The van der Waals surface area contributed by atoms with Gasteiger partial charge in [0.05, 0.1) is 5.52 Å². The number of primary amides is 1. The van der Waals surface area contributed by atoms with Gasteiger partial charge in [-0.3, -0.25) is 24.4 Å². The molecule has 9 heteroatoms. The van der Waals surface area contributed by atoms with Crippen LogP contribution < -0.4 is 15.8 Å². The third-order valence-electron chi connectivity index (χ3n) is 7.36. The van der Waals surface area contributed by atoms with E-state index in [9.17, 15) is 14.7 Å². The highest BCUT2D eigenvalue weighted by molar-refractivity contribution is 5.97. The van der Waals surface area contributed by atoms with Crippen molar-refractivity contribution in [3.05, 3.63) is 107 Å². The van der Waals surface area contributed by atoms with Crippen molar-refractivity contribution in [2.45, 2.75) is 32.3 Å². The number of hydrogen-bond donors (Lipinski definition) is 3. The molecule has 1 fully saturated rings. The Bertz CT molecular complexity index is 1490. The van der Waals surface area contributed by atoms with Crippen molar-refractivity contribution >= 4 is 22.7 Å². The average Bonchev–Trinajstić information content (AvgIpc) is 2.99. The number of aryl methyl sites for hydroxylation is 1. The van der Waals surface area contributed by atoms with Gasteiger partial charge in [-0.15, -0.1) is 0 Å². The van der Waals surface area contributed by atoms with E-state index >= 15 is 0 Å². The molecule has 0 aliphatic carbocycles. The number of benzene rings is 3. The van der Waals surface area contributed by atoms with Crippen molar-refractivity contribution in [2.75, 3.05) is 26.2 Å². The summed E-state index contributed by atoms with van der Waals surface area (Å²) < 4.78 is 5.99. The van der Waals surface area contributed by atoms with Gasteiger partial charge in [0.15, 0.2) is 0 Å². The second kappa shape index (κ2) is 12.9. The number of fused-ring (bicyclic) bond motifs is 1. The second-order valence-corrected chi connectivity index (χ2v) is 10.3. The molecule has 1 unspecified atom stereocenters. The van der Waals surface area contributed by atoms with Crippen molar-refractivity contribution in [3.8, 4) is 5.75 Å². The van der Waals surface area contributed by atoms with Crippen LogP contribution in [0.1, 0.15) is 27.2 Å². The number of nitrogens with zero attached hydrogens (tertiary/aromatic N) is 3. The second-order valence-electron chi connectivity index (χ2n) is 10.3. The number of aliphatic hydroxyl groups excluding tert-OH is 1. The minimum Gasteiger partial charge on any atom is -0.489 e. The van der Waals surface area contributed by atoms with Gasteiger partial charge in [-0.25, -0.2) is 0 Å². The molecule has 2 heterocycles. The highest BCUT2D eigenvalue weighted by Crippen LogP contribution is 2.21. The first-order valence-electron chi connectivity index (χ1n) is 13.7. The molecule has 1 aliphatic rings. The maximum atomic E-state index is 13.0. The van der Waals surface area contributed by atoms with Crippen molar-refractivity contribution in [2.24, 2.45) is 5.73 Å². The Kier molecular flexibility index (Phi) is 8.88. The van der Waals surface area contributed by atoms with E-state index in [1.165, 1.54) is 5.56 Å². The fourth-order valence-electron chi connectivity index (χ4n) is 5.13. The highest BCUT2D eigenvalue weighted by Gasteiger charge is 2.33. The Morgan fingerprint density at radius 2 is 1.66 bits per heavy atom. The van der Waals surface area contributed by atoms with Crippen molar-refractivity contribution in [3.63, 3.8) is 0 Å². The maximum Gasteiger partial charge on any atom is 0.252 e. The Morgan fingerprint density at radius 1 is 0.976 bits per heavy atom. The lowest BCUT2D eigenvalue weighted by atomic mass is 10.1. The zero-order chi connectivity index (χ0) is 28.8. The van der Waals surface area contributed by atoms with Gasteiger partial charge in [0.25, 0.3) is 5.91 Å². The van der Waals surface area contributed by atoms with E-state index < -0.39 is 24.1 Å². The summed E-state index contributed by atoms with van der Waals surface area (Å²) in [6, 6.07) is 25.5. The summed E-state index contributed by atoms with van der Waals surface area (Å²) >= 11 is 0. The van der Waals surface area contributed by atoms with Crippen LogP contribution in [0.4, 0.5) is 0 Å². The van der Waals surface area contributed by atoms with Gasteiger partial charge in [0, 0.05) is 54.9 Å². The van der Waals surface area contributed by atoms with Gasteiger partial charge in [-0.2, -0.15) is 0 Å². The first kappa shape index (κ1) is 28.2. The average molecular weight is 554 g/mol. The lowest BCUT2D eigenvalue weighted by Gasteiger charge is -2.39. The monoisotopic (exact) mass is 553 g/mol. The minimum absolute atomic E-state index is 0.327. The summed E-state index contributed by atoms with van der Waals surface area (Å²) in [4.78, 5) is 33.8. The number of hydrogen-bond acceptors (Lipinski definition) is 7. The maximum absolute atomic E-state index is 13.0. The third-order valence-corrected chi connectivity index (χ3v) is 7.36. The molecule has 2 atom stereocenters. The molecule has 4 N–H and O–H groups in total. The molecule has 1 aromatic heterocycles. The number of aliphatic hydroxyl groups is 1. The van der Waals surface area contributed by atoms with Gasteiger partial charge in [0.2, 0.25) is 5.91 Å². The molecule has 1 saturated heterocycles. The van der Waals surface area contributed by atoms with Crippen LogP contribution in [0.5, 0.6) is 5.75 Å². The van der Waals surface area contributed by atoms with E-state index in [0.717, 1.165) is 41.8 Å². The van der Waals surface area contributed by atoms with Crippen molar-refractivity contribution in [1.82, 2.24) is 20.1 Å². The topological polar surface area (TPSA) is 121 Å². The molecular formula is C32H35N5O4. The van der Waals surface area contributed by atoms with Gasteiger partial charge < -0.3 is 20.9 Å². The third kappa shape index (κ3) is 7.07. The lowest BCUT2D eigenvalue weighted by molar-refractivity contribution is -0.128. The van der Waals surface area contributed by atoms with Crippen LogP contribution in [0.3, 0.4) is 0 Å². The molecule has 4 aromatic rings. The number of carbonyl (C=O) groups is 2. The highest BCUT2D eigenvalue weighted by atomic mass is 16.5. The van der Waals surface area contributed by atoms with E-state index in [-0.39, 0.29) is 0 Å². The molecule has 2 amide bonds. The summed E-state index contributed by atoms with van der Waals surface area (Å²) in [5.41, 5.74) is 9.99. The van der Waals surface area contributed by atoms with E-state index in [4.69, 9.17) is 10.5 Å². The number of aromatic nitrogens is 1. The smallest absolute Gasteiger partial charge is 0.252 e. The van der Waals surface area contributed by atoms with Crippen LogP contribution in [0, 0.1) is 6.92 Å². The zero-order valence-electron chi connectivity index (χ0n) is 23.1. The number of nitrogens with one attached hydrogen (secondary N) is 1. The van der Waals surface area contributed by atoms with E-state index in [0.29, 0.717) is 31.0 Å². The molecule has 5 rings (SSSR count). The van der Waals surface area contributed by atoms with Crippen molar-refractivity contribution in [1.29, 1.82) is 0 Å². The predicted octanol–water partition coefficient (Wildman–Crippen LogP) is 2.84. The molecular weight excluding hydrogens is 518 g/mol. The number of amides is 2.